The maximum Gasteiger partial charge on any atom is 0.251 e. The van der Waals surface area contributed by atoms with E-state index in [4.69, 9.17) is 4.98 Å². The van der Waals surface area contributed by atoms with E-state index in [0.717, 1.165) is 47.9 Å². The Hall–Kier alpha value is -3.45. The van der Waals surface area contributed by atoms with Crippen molar-refractivity contribution in [2.24, 2.45) is 0 Å². The maximum absolute atomic E-state index is 12.9. The van der Waals surface area contributed by atoms with E-state index in [2.05, 4.69) is 15.6 Å². The van der Waals surface area contributed by atoms with E-state index in [1.54, 1.807) is 6.20 Å². The number of carbonyl (C=O) groups is 1. The monoisotopic (exact) mass is 429 g/mol. The molecule has 1 aliphatic rings. The molecule has 1 aliphatic carbocycles. The first-order valence-corrected chi connectivity index (χ1v) is 11.2. The fourth-order valence-corrected chi connectivity index (χ4v) is 4.42. The largest absolute Gasteiger partial charge is 0.393 e. The third-order valence-electron chi connectivity index (χ3n) is 6.27. The molecule has 1 atom stereocenters. The first kappa shape index (κ1) is 20.5. The molecule has 0 saturated heterocycles. The number of aliphatic hydroxyl groups excluding tert-OH is 1. The number of aliphatic hydroxyl groups is 1. The number of aromatic nitrogens is 3. The first-order chi connectivity index (χ1) is 15.6. The van der Waals surface area contributed by atoms with Crippen LogP contribution < -0.4 is 10.6 Å². The lowest BCUT2D eigenvalue weighted by Gasteiger charge is -2.26. The van der Waals surface area contributed by atoms with Gasteiger partial charge in [-0.05, 0) is 56.4 Å². The second kappa shape index (κ2) is 8.59. The molecule has 2 heterocycles. The summed E-state index contributed by atoms with van der Waals surface area (Å²) in [6, 6.07) is 15.6. The lowest BCUT2D eigenvalue weighted by molar-refractivity contribution is 0.0940. The van der Waals surface area contributed by atoms with Gasteiger partial charge in [-0.1, -0.05) is 30.3 Å². The van der Waals surface area contributed by atoms with Gasteiger partial charge in [0, 0.05) is 24.0 Å². The summed E-state index contributed by atoms with van der Waals surface area (Å²) in [6.45, 7) is 1.98. The van der Waals surface area contributed by atoms with E-state index in [-0.39, 0.29) is 24.1 Å². The van der Waals surface area contributed by atoms with Crippen LogP contribution in [0.3, 0.4) is 0 Å². The average molecular weight is 430 g/mol. The average Bonchev–Trinajstić information content (AvgIpc) is 3.31. The van der Waals surface area contributed by atoms with Gasteiger partial charge < -0.3 is 15.7 Å². The molecule has 0 spiro atoms. The lowest BCUT2D eigenvalue weighted by atomic mass is 9.93. The number of benzene rings is 2. The van der Waals surface area contributed by atoms with Gasteiger partial charge in [-0.2, -0.15) is 0 Å². The highest BCUT2D eigenvalue weighted by Crippen LogP contribution is 2.26. The minimum absolute atomic E-state index is 0.0950. The molecule has 3 N–H and O–H groups in total. The van der Waals surface area contributed by atoms with Crippen molar-refractivity contribution in [2.45, 2.75) is 50.8 Å². The Bertz CT molecular complexity index is 1250. The molecule has 0 radical (unpaired) electrons. The summed E-state index contributed by atoms with van der Waals surface area (Å²) in [6.07, 6.45) is 6.84. The number of anilines is 1. The van der Waals surface area contributed by atoms with Crippen molar-refractivity contribution in [1.29, 1.82) is 0 Å². The quantitative estimate of drug-likeness (QED) is 0.444. The highest BCUT2D eigenvalue weighted by molar-refractivity contribution is 5.98. The van der Waals surface area contributed by atoms with Gasteiger partial charge in [0.05, 0.1) is 23.2 Å². The molecule has 1 amide bonds. The zero-order valence-corrected chi connectivity index (χ0v) is 18.0. The van der Waals surface area contributed by atoms with Gasteiger partial charge >= 0.3 is 0 Å². The van der Waals surface area contributed by atoms with Gasteiger partial charge in [-0.15, -0.1) is 0 Å². The van der Waals surface area contributed by atoms with Crippen molar-refractivity contribution in [2.75, 3.05) is 5.32 Å². The third-order valence-corrected chi connectivity index (χ3v) is 6.27. The van der Waals surface area contributed by atoms with E-state index in [9.17, 15) is 9.90 Å². The van der Waals surface area contributed by atoms with Crippen LogP contribution in [0, 0.1) is 0 Å². The molecule has 164 valence electrons. The Morgan fingerprint density at radius 3 is 2.69 bits per heavy atom. The van der Waals surface area contributed by atoms with E-state index < -0.39 is 0 Å². The fourth-order valence-electron chi connectivity index (χ4n) is 4.42. The summed E-state index contributed by atoms with van der Waals surface area (Å²) in [5, 5.41) is 16.4. The predicted octanol–water partition coefficient (Wildman–Crippen LogP) is 4.09. The van der Waals surface area contributed by atoms with Gasteiger partial charge in [-0.3, -0.25) is 9.20 Å². The van der Waals surface area contributed by atoms with Crippen molar-refractivity contribution >= 4 is 28.4 Å². The van der Waals surface area contributed by atoms with Crippen LogP contribution in [0.15, 0.2) is 60.9 Å². The number of fused-ring (bicyclic) bond motifs is 3. The molecular weight excluding hydrogens is 402 g/mol. The van der Waals surface area contributed by atoms with Gasteiger partial charge in [0.1, 0.15) is 0 Å². The summed E-state index contributed by atoms with van der Waals surface area (Å²) in [5.74, 6) is 0.575. The maximum atomic E-state index is 12.9. The van der Waals surface area contributed by atoms with Crippen LogP contribution in [0.4, 0.5) is 5.82 Å². The fraction of sp³-hybridized carbons (Fsp3) is 0.320. The molecule has 5 rings (SSSR count). The Balaban J connectivity index is 1.43. The summed E-state index contributed by atoms with van der Waals surface area (Å²) < 4.78 is 2.00. The van der Waals surface area contributed by atoms with Crippen LogP contribution in [-0.4, -0.2) is 37.5 Å². The Kier molecular flexibility index (Phi) is 5.49. The number of hydrogen-bond acceptors (Lipinski definition) is 5. The molecule has 2 aromatic heterocycles. The van der Waals surface area contributed by atoms with Crippen LogP contribution in [0.25, 0.3) is 16.7 Å². The Labute approximate surface area is 186 Å². The molecular formula is C25H27N5O2. The minimum Gasteiger partial charge on any atom is -0.393 e. The van der Waals surface area contributed by atoms with E-state index in [1.807, 2.05) is 66.1 Å². The molecule has 0 aliphatic heterocycles. The van der Waals surface area contributed by atoms with Crippen LogP contribution in [-0.2, 0) is 0 Å². The highest BCUT2D eigenvalue weighted by atomic mass is 16.3. The number of rotatable bonds is 5. The lowest BCUT2D eigenvalue weighted by Crippen LogP contribution is -2.28. The second-order valence-corrected chi connectivity index (χ2v) is 8.54. The number of hydrogen-bond donors (Lipinski definition) is 3. The van der Waals surface area contributed by atoms with E-state index in [1.165, 1.54) is 0 Å². The number of amides is 1. The van der Waals surface area contributed by atoms with Crippen molar-refractivity contribution in [3.63, 3.8) is 0 Å². The van der Waals surface area contributed by atoms with Gasteiger partial charge in [0.25, 0.3) is 5.91 Å². The number of nitrogens with one attached hydrogen (secondary N) is 2. The number of imidazole rings is 1. The molecule has 0 bridgehead atoms. The molecule has 2 aromatic carbocycles. The molecule has 7 nitrogen and oxygen atoms in total. The molecule has 1 saturated carbocycles. The summed E-state index contributed by atoms with van der Waals surface area (Å²) in [5.41, 5.74) is 4.02. The standard InChI is InChI=1S/C25H27N5O2/c1-16(17-5-3-2-4-6-17)27-25(32)18-7-12-22-21(15-18)29-23(24-26-13-14-30(22)24)28-19-8-10-20(31)11-9-19/h2-7,12-16,19-20,31H,8-11H2,1H3,(H,27,32)(H,28,29)/t16-,19?,20?/m1/s1. The third kappa shape index (κ3) is 4.03. The van der Waals surface area contributed by atoms with Gasteiger partial charge in [0.15, 0.2) is 11.5 Å². The van der Waals surface area contributed by atoms with E-state index in [0.29, 0.717) is 11.4 Å². The molecule has 32 heavy (non-hydrogen) atoms. The predicted molar refractivity (Wildman–Crippen MR) is 125 cm³/mol. The summed E-state index contributed by atoms with van der Waals surface area (Å²) in [4.78, 5) is 22.2. The van der Waals surface area contributed by atoms with Gasteiger partial charge in [-0.25, -0.2) is 9.97 Å². The summed E-state index contributed by atoms with van der Waals surface area (Å²) >= 11 is 0. The van der Waals surface area contributed by atoms with Crippen LogP contribution in [0.5, 0.6) is 0 Å². The van der Waals surface area contributed by atoms with Crippen molar-refractivity contribution in [1.82, 2.24) is 19.7 Å². The number of nitrogens with zero attached hydrogens (tertiary/aromatic N) is 3. The van der Waals surface area contributed by atoms with Crippen LogP contribution in [0.1, 0.15) is 54.6 Å². The van der Waals surface area contributed by atoms with Crippen molar-refractivity contribution < 1.29 is 9.90 Å². The number of carbonyl (C=O) groups excluding carboxylic acids is 1. The molecule has 4 aromatic rings. The van der Waals surface area contributed by atoms with E-state index >= 15 is 0 Å². The molecule has 0 unspecified atom stereocenters. The molecule has 1 fully saturated rings. The minimum atomic E-state index is -0.205. The summed E-state index contributed by atoms with van der Waals surface area (Å²) in [7, 11) is 0. The zero-order chi connectivity index (χ0) is 22.1. The zero-order valence-electron chi connectivity index (χ0n) is 18.0. The molecule has 7 heteroatoms. The first-order valence-electron chi connectivity index (χ1n) is 11.2. The normalized spacial score (nSPS) is 19.7. The Morgan fingerprint density at radius 1 is 1.12 bits per heavy atom. The van der Waals surface area contributed by atoms with Crippen molar-refractivity contribution in [3.8, 4) is 0 Å². The van der Waals surface area contributed by atoms with Crippen LogP contribution in [0.2, 0.25) is 0 Å². The highest BCUT2D eigenvalue weighted by Gasteiger charge is 2.21. The smallest absolute Gasteiger partial charge is 0.251 e. The Morgan fingerprint density at radius 2 is 1.91 bits per heavy atom. The van der Waals surface area contributed by atoms with Crippen LogP contribution >= 0.6 is 0 Å². The van der Waals surface area contributed by atoms with Gasteiger partial charge in [0.2, 0.25) is 0 Å². The SMILES string of the molecule is C[C@@H](NC(=O)c1ccc2c(c1)nc(NC1CCC(O)CC1)c1nccn12)c1ccccc1. The topological polar surface area (TPSA) is 91.5 Å². The second-order valence-electron chi connectivity index (χ2n) is 8.54. The van der Waals surface area contributed by atoms with Crippen molar-refractivity contribution in [3.05, 3.63) is 72.1 Å².